The third-order valence-electron chi connectivity index (χ3n) is 4.14. The number of isocyanates is 1. The van der Waals surface area contributed by atoms with Gasteiger partial charge in [0.2, 0.25) is 6.08 Å². The first-order valence-electron chi connectivity index (χ1n) is 7.05. The van der Waals surface area contributed by atoms with Gasteiger partial charge in [0, 0.05) is 5.56 Å². The summed E-state index contributed by atoms with van der Waals surface area (Å²) < 4.78 is 11.0. The Morgan fingerprint density at radius 1 is 1.25 bits per heavy atom. The summed E-state index contributed by atoms with van der Waals surface area (Å²) in [4.78, 5) is 15.0. The number of hydrogen-bond donors (Lipinski definition) is 0. The first-order valence-corrected chi connectivity index (χ1v) is 7.05. The highest BCUT2D eigenvalue weighted by Crippen LogP contribution is 2.48. The van der Waals surface area contributed by atoms with E-state index >= 15 is 0 Å². The van der Waals surface area contributed by atoms with Crippen LogP contribution in [0.5, 0.6) is 11.5 Å². The molecule has 1 fully saturated rings. The third-order valence-corrected chi connectivity index (χ3v) is 4.14. The number of carbonyl (C=O) groups excluding carboxylic acids is 1. The molecule has 1 saturated carbocycles. The zero-order valence-corrected chi connectivity index (χ0v) is 12.4. The summed E-state index contributed by atoms with van der Waals surface area (Å²) in [5.74, 6) is 1.39. The van der Waals surface area contributed by atoms with Gasteiger partial charge in [-0.3, -0.25) is 0 Å². The molecule has 108 valence electrons. The number of nitrogens with zero attached hydrogens (tertiary/aromatic N) is 1. The molecule has 4 nitrogen and oxygen atoms in total. The summed E-state index contributed by atoms with van der Waals surface area (Å²) in [5.41, 5.74) is 1.62. The molecule has 0 bridgehead atoms. The number of rotatable bonds is 5. The molecular weight excluding hydrogens is 254 g/mol. The van der Waals surface area contributed by atoms with Crippen molar-refractivity contribution in [3.8, 4) is 11.5 Å². The van der Waals surface area contributed by atoms with E-state index in [1.165, 1.54) is 0 Å². The Morgan fingerprint density at radius 2 is 1.95 bits per heavy atom. The van der Waals surface area contributed by atoms with Crippen LogP contribution in [0.1, 0.15) is 43.7 Å². The van der Waals surface area contributed by atoms with Gasteiger partial charge in [-0.1, -0.05) is 19.8 Å². The van der Waals surface area contributed by atoms with Crippen LogP contribution in [0.25, 0.3) is 0 Å². The first-order chi connectivity index (χ1) is 9.70. The van der Waals surface area contributed by atoms with Gasteiger partial charge in [-0.05, 0) is 37.0 Å². The molecule has 2 rings (SSSR count). The molecule has 0 radical (unpaired) electrons. The summed E-state index contributed by atoms with van der Waals surface area (Å²) in [5, 5.41) is 0. The average molecular weight is 275 g/mol. The summed E-state index contributed by atoms with van der Waals surface area (Å²) in [6, 6.07) is 4.07. The van der Waals surface area contributed by atoms with Crippen LogP contribution in [-0.4, -0.2) is 20.3 Å². The topological polar surface area (TPSA) is 47.9 Å². The molecule has 1 aromatic carbocycles. The van der Waals surface area contributed by atoms with Crippen molar-refractivity contribution in [1.29, 1.82) is 0 Å². The molecule has 0 aliphatic heterocycles. The van der Waals surface area contributed by atoms with E-state index in [1.807, 2.05) is 6.07 Å². The molecule has 0 heterocycles. The molecule has 1 aliphatic rings. The molecule has 0 spiro atoms. The lowest BCUT2D eigenvalue weighted by molar-refractivity contribution is 0.337. The van der Waals surface area contributed by atoms with E-state index in [9.17, 15) is 4.79 Å². The van der Waals surface area contributed by atoms with Gasteiger partial charge in [-0.25, -0.2) is 4.79 Å². The number of aliphatic imine (C=N–C) groups is 1. The van der Waals surface area contributed by atoms with Crippen molar-refractivity contribution in [1.82, 2.24) is 0 Å². The van der Waals surface area contributed by atoms with E-state index in [1.54, 1.807) is 20.3 Å². The smallest absolute Gasteiger partial charge is 0.235 e. The first kappa shape index (κ1) is 14.6. The zero-order chi connectivity index (χ0) is 14.6. The Labute approximate surface area is 119 Å². The van der Waals surface area contributed by atoms with E-state index < -0.39 is 5.54 Å². The number of ether oxygens (including phenoxy) is 2. The lowest BCUT2D eigenvalue weighted by atomic mass is 9.86. The summed E-state index contributed by atoms with van der Waals surface area (Å²) in [6.07, 6.45) is 6.49. The minimum absolute atomic E-state index is 0.494. The predicted molar refractivity (Wildman–Crippen MR) is 77.2 cm³/mol. The molecule has 0 aromatic heterocycles. The number of aryl methyl sites for hydroxylation is 1. The molecular formula is C16H21NO3. The molecule has 4 heteroatoms. The van der Waals surface area contributed by atoms with Gasteiger partial charge in [0.15, 0.2) is 11.5 Å². The number of methoxy groups -OCH3 is 2. The molecule has 1 aromatic rings. The van der Waals surface area contributed by atoms with Crippen molar-refractivity contribution in [2.75, 3.05) is 14.2 Å². The van der Waals surface area contributed by atoms with Gasteiger partial charge in [-0.2, -0.15) is 4.99 Å². The lowest BCUT2D eigenvalue weighted by Gasteiger charge is -2.26. The van der Waals surface area contributed by atoms with Crippen LogP contribution in [-0.2, 0) is 16.8 Å². The number of hydrogen-bond acceptors (Lipinski definition) is 4. The second kappa shape index (κ2) is 6.10. The zero-order valence-electron chi connectivity index (χ0n) is 12.4. The SMILES string of the molecule is CCc1cc(OC)c(OC)c(C2(N=C=O)CCCC2)c1. The monoisotopic (exact) mass is 275 g/mol. The normalized spacial score (nSPS) is 16.6. The van der Waals surface area contributed by atoms with Crippen molar-refractivity contribution < 1.29 is 14.3 Å². The highest BCUT2D eigenvalue weighted by Gasteiger charge is 2.39. The van der Waals surface area contributed by atoms with Crippen LogP contribution in [0.3, 0.4) is 0 Å². The minimum atomic E-state index is -0.494. The average Bonchev–Trinajstić information content (AvgIpc) is 2.95. The van der Waals surface area contributed by atoms with E-state index in [0.717, 1.165) is 43.2 Å². The van der Waals surface area contributed by atoms with Gasteiger partial charge < -0.3 is 9.47 Å². The van der Waals surface area contributed by atoms with Crippen molar-refractivity contribution in [3.63, 3.8) is 0 Å². The Morgan fingerprint density at radius 3 is 2.45 bits per heavy atom. The summed E-state index contributed by atoms with van der Waals surface area (Å²) in [6.45, 7) is 2.09. The second-order valence-electron chi connectivity index (χ2n) is 5.17. The highest BCUT2D eigenvalue weighted by atomic mass is 16.5. The summed E-state index contributed by atoms with van der Waals surface area (Å²) in [7, 11) is 3.26. The standard InChI is InChI=1S/C16H21NO3/c1-4-12-9-13(15(20-3)14(10-12)19-2)16(17-11-18)7-5-6-8-16/h9-10H,4-8H2,1-3H3. The van der Waals surface area contributed by atoms with Gasteiger partial charge in [0.05, 0.1) is 14.2 Å². The quantitative estimate of drug-likeness (QED) is 0.611. The maximum atomic E-state index is 10.9. The third kappa shape index (κ3) is 2.44. The largest absolute Gasteiger partial charge is 0.493 e. The number of benzene rings is 1. The molecule has 0 atom stereocenters. The van der Waals surface area contributed by atoms with Crippen LogP contribution in [0.2, 0.25) is 0 Å². The second-order valence-corrected chi connectivity index (χ2v) is 5.17. The van der Waals surface area contributed by atoms with Crippen molar-refractivity contribution >= 4 is 6.08 Å². The molecule has 20 heavy (non-hydrogen) atoms. The van der Waals surface area contributed by atoms with E-state index in [2.05, 4.69) is 18.0 Å². The van der Waals surface area contributed by atoms with Crippen LogP contribution in [0.4, 0.5) is 0 Å². The Kier molecular flexibility index (Phi) is 4.46. The van der Waals surface area contributed by atoms with Crippen LogP contribution in [0, 0.1) is 0 Å². The molecule has 0 amide bonds. The Balaban J connectivity index is 2.66. The van der Waals surface area contributed by atoms with Crippen molar-refractivity contribution in [2.24, 2.45) is 4.99 Å². The summed E-state index contributed by atoms with van der Waals surface area (Å²) >= 11 is 0. The molecule has 0 saturated heterocycles. The molecule has 0 N–H and O–H groups in total. The fourth-order valence-corrected chi connectivity index (χ4v) is 3.06. The van der Waals surface area contributed by atoms with Crippen LogP contribution in [0.15, 0.2) is 17.1 Å². The molecule has 0 unspecified atom stereocenters. The van der Waals surface area contributed by atoms with E-state index in [0.29, 0.717) is 11.5 Å². The maximum Gasteiger partial charge on any atom is 0.235 e. The highest BCUT2D eigenvalue weighted by molar-refractivity contribution is 5.54. The van der Waals surface area contributed by atoms with Crippen molar-refractivity contribution in [3.05, 3.63) is 23.3 Å². The van der Waals surface area contributed by atoms with Crippen LogP contribution < -0.4 is 9.47 Å². The van der Waals surface area contributed by atoms with Gasteiger partial charge in [0.25, 0.3) is 0 Å². The fourth-order valence-electron chi connectivity index (χ4n) is 3.06. The van der Waals surface area contributed by atoms with Gasteiger partial charge in [0.1, 0.15) is 5.54 Å². The fraction of sp³-hybridized carbons (Fsp3) is 0.562. The Bertz CT molecular complexity index is 527. The van der Waals surface area contributed by atoms with E-state index in [4.69, 9.17) is 9.47 Å². The van der Waals surface area contributed by atoms with Gasteiger partial charge >= 0.3 is 0 Å². The molecule has 1 aliphatic carbocycles. The van der Waals surface area contributed by atoms with Gasteiger partial charge in [-0.15, -0.1) is 0 Å². The maximum absolute atomic E-state index is 10.9. The van der Waals surface area contributed by atoms with Crippen molar-refractivity contribution in [2.45, 2.75) is 44.6 Å². The lowest BCUT2D eigenvalue weighted by Crippen LogP contribution is -2.20. The van der Waals surface area contributed by atoms with E-state index in [-0.39, 0.29) is 0 Å². The Hall–Kier alpha value is -1.80. The predicted octanol–water partition coefficient (Wildman–Crippen LogP) is 3.37. The minimum Gasteiger partial charge on any atom is -0.493 e. The van der Waals surface area contributed by atoms with Crippen LogP contribution >= 0.6 is 0 Å².